The van der Waals surface area contributed by atoms with Gasteiger partial charge >= 0.3 is 0 Å². The normalized spacial score (nSPS) is 16.1. The van der Waals surface area contributed by atoms with E-state index >= 15 is 0 Å². The van der Waals surface area contributed by atoms with E-state index in [4.69, 9.17) is 0 Å². The molecule has 0 bridgehead atoms. The van der Waals surface area contributed by atoms with Crippen molar-refractivity contribution >= 4 is 0 Å². The Balaban J connectivity index is 0.00000277. The first-order chi connectivity index (χ1) is 22.6. The fraction of sp³-hybridized carbons (Fsp3) is 0.600. The number of rotatable bonds is 14. The van der Waals surface area contributed by atoms with Crippen LogP contribution in [0.3, 0.4) is 0 Å². The summed E-state index contributed by atoms with van der Waals surface area (Å²) in [6, 6.07) is 8.67. The summed E-state index contributed by atoms with van der Waals surface area (Å²) in [7, 11) is 18.1. The lowest BCUT2D eigenvalue weighted by Crippen LogP contribution is -2.37. The minimum absolute atomic E-state index is 0.00365. The van der Waals surface area contributed by atoms with E-state index in [1.165, 1.54) is 0 Å². The molecule has 0 saturated carbocycles. The van der Waals surface area contributed by atoms with Crippen LogP contribution in [0.15, 0.2) is 47.2 Å². The van der Waals surface area contributed by atoms with Gasteiger partial charge in [-0.3, -0.25) is 0 Å². The van der Waals surface area contributed by atoms with Crippen molar-refractivity contribution < 1.29 is 15.3 Å². The molecule has 2 aromatic carbocycles. The molecule has 0 radical (unpaired) electrons. The fourth-order valence-electron chi connectivity index (χ4n) is 6.56. The van der Waals surface area contributed by atoms with Crippen molar-refractivity contribution in [1.82, 2.24) is 24.9 Å². The van der Waals surface area contributed by atoms with Crippen molar-refractivity contribution in [2.75, 3.05) is 76.5 Å². The maximum absolute atomic E-state index is 11.5. The zero-order valence-electron chi connectivity index (χ0n) is 33.0. The molecule has 1 aliphatic carbocycles. The van der Waals surface area contributed by atoms with E-state index in [0.717, 1.165) is 44.5 Å². The molecule has 3 rings (SSSR count). The Kier molecular flexibility index (Phi) is 17.9. The van der Waals surface area contributed by atoms with E-state index in [-0.39, 0.29) is 5.92 Å². The lowest BCUT2D eigenvalue weighted by atomic mass is 9.62. The van der Waals surface area contributed by atoms with Crippen LogP contribution in [0.25, 0.3) is 0 Å². The van der Waals surface area contributed by atoms with Crippen LogP contribution >= 0.6 is 0 Å². The highest BCUT2D eigenvalue weighted by Crippen LogP contribution is 2.48. The van der Waals surface area contributed by atoms with Crippen molar-refractivity contribution in [2.45, 2.75) is 79.4 Å². The lowest BCUT2D eigenvalue weighted by Gasteiger charge is -2.42. The molecule has 0 saturated heterocycles. The highest BCUT2D eigenvalue weighted by atomic mass is 16.3. The summed E-state index contributed by atoms with van der Waals surface area (Å²) in [5.41, 5.74) is 7.20. The summed E-state index contributed by atoms with van der Waals surface area (Å²) >= 11 is 0. The van der Waals surface area contributed by atoms with E-state index in [1.807, 2.05) is 91.1 Å². The molecule has 4 N–H and O–H groups in total. The highest BCUT2D eigenvalue weighted by Gasteiger charge is 2.41. The summed E-state index contributed by atoms with van der Waals surface area (Å²) in [6.45, 7) is 15.4. The second-order valence-corrected chi connectivity index (χ2v) is 13.8. The molecule has 272 valence electrons. The van der Waals surface area contributed by atoms with Crippen molar-refractivity contribution in [3.8, 4) is 11.5 Å². The van der Waals surface area contributed by atoms with Gasteiger partial charge in [0.05, 0.1) is 0 Å². The molecule has 0 amide bonds. The van der Waals surface area contributed by atoms with Gasteiger partial charge in [0.2, 0.25) is 0 Å². The number of aromatic hydroxyl groups is 2. The largest absolute Gasteiger partial charge is 0.508 e. The predicted octanol–water partition coefficient (Wildman–Crippen LogP) is 6.74. The molecule has 0 aliphatic heterocycles. The van der Waals surface area contributed by atoms with Crippen LogP contribution in [0.4, 0.5) is 0 Å². The Hall–Kier alpha value is -2.88. The van der Waals surface area contributed by atoms with Crippen LogP contribution in [-0.4, -0.2) is 111 Å². The lowest BCUT2D eigenvalue weighted by molar-refractivity contribution is 0.325. The molecule has 1 aliphatic rings. The number of hydrogen-bond acceptors (Lipinski definition) is 8. The van der Waals surface area contributed by atoms with Crippen molar-refractivity contribution in [3.05, 3.63) is 80.6 Å². The van der Waals surface area contributed by atoms with Crippen LogP contribution in [0.1, 0.15) is 81.3 Å². The van der Waals surface area contributed by atoms with E-state index < -0.39 is 5.41 Å². The van der Waals surface area contributed by atoms with Gasteiger partial charge in [0.1, 0.15) is 17.3 Å². The fourth-order valence-corrected chi connectivity index (χ4v) is 6.56. The van der Waals surface area contributed by atoms with Gasteiger partial charge in [-0.1, -0.05) is 53.7 Å². The standard InChI is InChI=1S/C36H57N5O3.2C2H6/c1-12-24-13-30(15-26(33(24)42)20-38(4)5)36(2,31-14-25(19-37-3)34(43)27(16-31)21-39(6)7)32-17-28(22-40(8)9)35(44)29(18-32)23-41(10)11;2*1-2/h13-17,32,37,42-44H,12,18-23H2,1-11H3;2*1-2H3. The zero-order valence-corrected chi connectivity index (χ0v) is 33.0. The Morgan fingerprint density at radius 3 is 1.50 bits per heavy atom. The number of allylic oxidation sites excluding steroid dienone is 1. The molecule has 0 aromatic heterocycles. The molecule has 48 heavy (non-hydrogen) atoms. The zero-order chi connectivity index (χ0) is 36.9. The number of aliphatic hydroxyl groups is 1. The van der Waals surface area contributed by atoms with Gasteiger partial charge in [-0.25, -0.2) is 0 Å². The topological polar surface area (TPSA) is 85.7 Å². The first-order valence-electron chi connectivity index (χ1n) is 17.7. The third-order valence-corrected chi connectivity index (χ3v) is 8.70. The van der Waals surface area contributed by atoms with Gasteiger partial charge in [-0.05, 0) is 123 Å². The molecule has 2 unspecified atom stereocenters. The predicted molar refractivity (Wildman–Crippen MR) is 205 cm³/mol. The summed E-state index contributed by atoms with van der Waals surface area (Å²) in [5, 5.41) is 37.4. The number of phenolic OH excluding ortho intramolecular Hbond substituents is 2. The molecule has 0 spiro atoms. The molecule has 2 aromatic rings. The van der Waals surface area contributed by atoms with Gasteiger partial charge in [-0.15, -0.1) is 0 Å². The number of aryl methyl sites for hydroxylation is 1. The van der Waals surface area contributed by atoms with Crippen LogP contribution in [0.5, 0.6) is 11.5 Å². The monoisotopic (exact) mass is 668 g/mol. The Morgan fingerprint density at radius 1 is 0.667 bits per heavy atom. The second-order valence-electron chi connectivity index (χ2n) is 13.8. The molecule has 0 heterocycles. The van der Waals surface area contributed by atoms with Crippen molar-refractivity contribution in [3.63, 3.8) is 0 Å². The number of aliphatic hydroxyl groups excluding tert-OH is 1. The Morgan fingerprint density at radius 2 is 1.08 bits per heavy atom. The van der Waals surface area contributed by atoms with E-state index in [2.05, 4.69) is 69.1 Å². The minimum Gasteiger partial charge on any atom is -0.508 e. The molecule has 0 fully saturated rings. The van der Waals surface area contributed by atoms with Crippen LogP contribution in [0.2, 0.25) is 0 Å². The summed E-state index contributed by atoms with van der Waals surface area (Å²) in [4.78, 5) is 8.38. The van der Waals surface area contributed by atoms with Gasteiger partial charge < -0.3 is 40.2 Å². The maximum Gasteiger partial charge on any atom is 0.124 e. The van der Waals surface area contributed by atoms with Gasteiger partial charge in [0, 0.05) is 60.4 Å². The van der Waals surface area contributed by atoms with Gasteiger partial charge in [0.15, 0.2) is 0 Å². The highest BCUT2D eigenvalue weighted by molar-refractivity contribution is 5.55. The number of phenols is 2. The average molecular weight is 668 g/mol. The Labute approximate surface area is 293 Å². The van der Waals surface area contributed by atoms with E-state index in [9.17, 15) is 15.3 Å². The first kappa shape index (κ1) is 43.1. The third-order valence-electron chi connectivity index (χ3n) is 8.70. The molecular formula is C40H69N5O3. The van der Waals surface area contributed by atoms with Crippen LogP contribution in [-0.2, 0) is 31.5 Å². The van der Waals surface area contributed by atoms with E-state index in [1.54, 1.807) is 0 Å². The third kappa shape index (κ3) is 10.8. The quantitative estimate of drug-likeness (QED) is 0.176. The number of hydrogen-bond donors (Lipinski definition) is 4. The average Bonchev–Trinajstić information content (AvgIpc) is 3.02. The van der Waals surface area contributed by atoms with Crippen molar-refractivity contribution in [1.29, 1.82) is 0 Å². The maximum atomic E-state index is 11.5. The molecular weight excluding hydrogens is 598 g/mol. The Bertz CT molecular complexity index is 1360. The number of likely N-dealkylation sites (N-methyl/N-ethyl adjacent to an activating group) is 2. The smallest absolute Gasteiger partial charge is 0.124 e. The number of nitrogens with one attached hydrogen (secondary N) is 1. The molecule has 8 nitrogen and oxygen atoms in total. The van der Waals surface area contributed by atoms with Gasteiger partial charge in [-0.2, -0.15) is 0 Å². The van der Waals surface area contributed by atoms with Crippen molar-refractivity contribution in [2.24, 2.45) is 5.92 Å². The first-order valence-corrected chi connectivity index (χ1v) is 17.7. The number of benzene rings is 2. The van der Waals surface area contributed by atoms with Crippen LogP contribution < -0.4 is 5.32 Å². The minimum atomic E-state index is -0.550. The van der Waals surface area contributed by atoms with Gasteiger partial charge in [0.25, 0.3) is 0 Å². The SMILES string of the molecule is CC.CC.CCc1cc(C(C)(c2cc(CNC)c(O)c(CN(C)C)c2)C2C=C(CN(C)C)C(O)=C(CN(C)C)C2)cc(CN(C)C)c1O. The number of nitrogens with zero attached hydrogens (tertiary/aromatic N) is 4. The molecule has 8 heteroatoms. The molecule has 2 atom stereocenters. The van der Waals surface area contributed by atoms with E-state index in [0.29, 0.717) is 62.8 Å². The summed E-state index contributed by atoms with van der Waals surface area (Å²) < 4.78 is 0. The summed E-state index contributed by atoms with van der Waals surface area (Å²) in [5.74, 6) is 1.09. The second kappa shape index (κ2) is 20.0. The van der Waals surface area contributed by atoms with Crippen LogP contribution in [0, 0.1) is 5.92 Å². The summed E-state index contributed by atoms with van der Waals surface area (Å²) in [6.07, 6.45) is 3.67.